The molecule has 1 unspecified atom stereocenters. The highest BCUT2D eigenvalue weighted by molar-refractivity contribution is 5.73. The van der Waals surface area contributed by atoms with E-state index in [2.05, 4.69) is 9.72 Å². The number of halogens is 2. The van der Waals surface area contributed by atoms with Crippen LogP contribution in [0, 0.1) is 11.6 Å². The van der Waals surface area contributed by atoms with Gasteiger partial charge in [-0.1, -0.05) is 6.07 Å². The standard InChI is InChI=1S/C14H14F2N2O2/c1-9(14(19)20-2)18-6-5-17-13(18)7-10-3-4-11(15)8-12(10)16/h3-6,8-9H,7H2,1-2H3. The first-order chi connectivity index (χ1) is 9.52. The summed E-state index contributed by atoms with van der Waals surface area (Å²) in [5, 5.41) is 0. The lowest BCUT2D eigenvalue weighted by Gasteiger charge is -2.14. The average molecular weight is 280 g/mol. The normalized spacial score (nSPS) is 12.2. The molecule has 2 rings (SSSR count). The molecule has 0 saturated carbocycles. The van der Waals surface area contributed by atoms with Crippen LogP contribution in [0.2, 0.25) is 0 Å². The quantitative estimate of drug-likeness (QED) is 0.808. The van der Waals surface area contributed by atoms with E-state index in [1.54, 1.807) is 17.7 Å². The predicted octanol–water partition coefficient (Wildman–Crippen LogP) is 2.49. The number of aromatic nitrogens is 2. The van der Waals surface area contributed by atoms with Crippen molar-refractivity contribution in [2.24, 2.45) is 0 Å². The molecule has 0 aliphatic carbocycles. The molecule has 0 fully saturated rings. The van der Waals surface area contributed by atoms with Gasteiger partial charge in [0.1, 0.15) is 23.5 Å². The van der Waals surface area contributed by atoms with E-state index in [0.29, 0.717) is 11.4 Å². The molecule has 4 nitrogen and oxygen atoms in total. The molecular formula is C14H14F2N2O2. The van der Waals surface area contributed by atoms with Crippen molar-refractivity contribution >= 4 is 5.97 Å². The van der Waals surface area contributed by atoms with Gasteiger partial charge in [-0.25, -0.2) is 18.6 Å². The van der Waals surface area contributed by atoms with Crippen LogP contribution < -0.4 is 0 Å². The maximum Gasteiger partial charge on any atom is 0.328 e. The summed E-state index contributed by atoms with van der Waals surface area (Å²) in [5.74, 6) is -1.17. The Bertz CT molecular complexity index is 625. The number of rotatable bonds is 4. The molecule has 106 valence electrons. The Labute approximate surface area is 115 Å². The predicted molar refractivity (Wildman–Crippen MR) is 68.1 cm³/mol. The monoisotopic (exact) mass is 280 g/mol. The SMILES string of the molecule is COC(=O)C(C)n1ccnc1Cc1ccc(F)cc1F. The molecule has 0 bridgehead atoms. The summed E-state index contributed by atoms with van der Waals surface area (Å²) in [5.41, 5.74) is 0.316. The lowest BCUT2D eigenvalue weighted by Crippen LogP contribution is -2.19. The molecule has 1 aromatic carbocycles. The summed E-state index contributed by atoms with van der Waals surface area (Å²) < 4.78 is 32.8. The average Bonchev–Trinajstić information content (AvgIpc) is 2.88. The van der Waals surface area contributed by atoms with Crippen molar-refractivity contribution in [3.63, 3.8) is 0 Å². The topological polar surface area (TPSA) is 44.1 Å². The summed E-state index contributed by atoms with van der Waals surface area (Å²) in [6, 6.07) is 2.83. The fourth-order valence-electron chi connectivity index (χ4n) is 1.95. The minimum Gasteiger partial charge on any atom is -0.467 e. The third-order valence-corrected chi connectivity index (χ3v) is 3.07. The number of hydrogen-bond acceptors (Lipinski definition) is 3. The molecule has 0 aliphatic rings. The van der Waals surface area contributed by atoms with E-state index < -0.39 is 23.6 Å². The van der Waals surface area contributed by atoms with Crippen LogP contribution in [0.3, 0.4) is 0 Å². The first-order valence-corrected chi connectivity index (χ1v) is 6.06. The second kappa shape index (κ2) is 5.81. The summed E-state index contributed by atoms with van der Waals surface area (Å²) in [6.07, 6.45) is 3.31. The van der Waals surface area contributed by atoms with Gasteiger partial charge in [0.2, 0.25) is 0 Å². The van der Waals surface area contributed by atoms with Gasteiger partial charge in [-0.05, 0) is 18.6 Å². The molecule has 0 aliphatic heterocycles. The molecule has 1 heterocycles. The van der Waals surface area contributed by atoms with Crippen LogP contribution in [0.25, 0.3) is 0 Å². The van der Waals surface area contributed by atoms with Crippen LogP contribution in [0.15, 0.2) is 30.6 Å². The van der Waals surface area contributed by atoms with Gasteiger partial charge in [-0.15, -0.1) is 0 Å². The van der Waals surface area contributed by atoms with Crippen LogP contribution in [0.4, 0.5) is 8.78 Å². The van der Waals surface area contributed by atoms with Crippen LogP contribution in [0.5, 0.6) is 0 Å². The Kier molecular flexibility index (Phi) is 4.12. The number of esters is 1. The maximum atomic E-state index is 13.6. The number of ether oxygens (including phenoxy) is 1. The number of carbonyl (C=O) groups is 1. The first-order valence-electron chi connectivity index (χ1n) is 6.06. The van der Waals surface area contributed by atoms with Crippen molar-refractivity contribution in [3.05, 3.63) is 53.6 Å². The van der Waals surface area contributed by atoms with Crippen LogP contribution in [-0.2, 0) is 16.0 Å². The largest absolute Gasteiger partial charge is 0.467 e. The molecule has 0 saturated heterocycles. The van der Waals surface area contributed by atoms with Crippen molar-refractivity contribution in [1.82, 2.24) is 9.55 Å². The Morgan fingerprint density at radius 1 is 1.45 bits per heavy atom. The number of imidazole rings is 1. The van der Waals surface area contributed by atoms with Gasteiger partial charge < -0.3 is 9.30 Å². The van der Waals surface area contributed by atoms with Crippen molar-refractivity contribution in [2.45, 2.75) is 19.4 Å². The molecule has 1 atom stereocenters. The molecule has 20 heavy (non-hydrogen) atoms. The highest BCUT2D eigenvalue weighted by Gasteiger charge is 2.19. The van der Waals surface area contributed by atoms with Gasteiger partial charge in [-0.3, -0.25) is 0 Å². The van der Waals surface area contributed by atoms with Crippen molar-refractivity contribution in [3.8, 4) is 0 Å². The molecule has 0 radical (unpaired) electrons. The second-order valence-corrected chi connectivity index (χ2v) is 4.36. The van der Waals surface area contributed by atoms with Gasteiger partial charge in [0.05, 0.1) is 7.11 Å². The zero-order chi connectivity index (χ0) is 14.7. The fraction of sp³-hybridized carbons (Fsp3) is 0.286. The highest BCUT2D eigenvalue weighted by atomic mass is 19.1. The van der Waals surface area contributed by atoms with Crippen molar-refractivity contribution in [1.29, 1.82) is 0 Å². The van der Waals surface area contributed by atoms with Gasteiger partial charge in [-0.2, -0.15) is 0 Å². The van der Waals surface area contributed by atoms with E-state index in [1.165, 1.54) is 25.4 Å². The van der Waals surface area contributed by atoms with Crippen molar-refractivity contribution < 1.29 is 18.3 Å². The summed E-state index contributed by atoms with van der Waals surface area (Å²) in [6.45, 7) is 1.66. The molecule has 0 spiro atoms. The Morgan fingerprint density at radius 3 is 2.85 bits per heavy atom. The fourth-order valence-corrected chi connectivity index (χ4v) is 1.95. The van der Waals surface area contributed by atoms with E-state index in [9.17, 15) is 13.6 Å². The number of methoxy groups -OCH3 is 1. The minimum atomic E-state index is -0.634. The summed E-state index contributed by atoms with van der Waals surface area (Å²) >= 11 is 0. The molecule has 2 aromatic rings. The zero-order valence-electron chi connectivity index (χ0n) is 11.1. The highest BCUT2D eigenvalue weighted by Crippen LogP contribution is 2.17. The molecule has 0 N–H and O–H groups in total. The third kappa shape index (κ3) is 2.84. The lowest BCUT2D eigenvalue weighted by molar-refractivity contribution is -0.144. The van der Waals surface area contributed by atoms with Crippen molar-refractivity contribution in [2.75, 3.05) is 7.11 Å². The molecule has 1 aromatic heterocycles. The first kappa shape index (κ1) is 14.2. The van der Waals surface area contributed by atoms with E-state index in [4.69, 9.17) is 0 Å². The number of carbonyl (C=O) groups excluding carboxylic acids is 1. The Hall–Kier alpha value is -2.24. The van der Waals surface area contributed by atoms with E-state index in [-0.39, 0.29) is 6.42 Å². The Balaban J connectivity index is 2.27. The minimum absolute atomic E-state index is 0.167. The molecular weight excluding hydrogens is 266 g/mol. The molecule has 6 heteroatoms. The van der Waals surface area contributed by atoms with E-state index >= 15 is 0 Å². The summed E-state index contributed by atoms with van der Waals surface area (Å²) in [7, 11) is 1.30. The number of benzene rings is 1. The van der Waals surface area contributed by atoms with E-state index in [0.717, 1.165) is 6.07 Å². The Morgan fingerprint density at radius 2 is 2.20 bits per heavy atom. The van der Waals surface area contributed by atoms with Gasteiger partial charge in [0.15, 0.2) is 0 Å². The van der Waals surface area contributed by atoms with Gasteiger partial charge in [0.25, 0.3) is 0 Å². The number of hydrogen-bond donors (Lipinski definition) is 0. The summed E-state index contributed by atoms with van der Waals surface area (Å²) in [4.78, 5) is 15.6. The zero-order valence-corrected chi connectivity index (χ0v) is 11.1. The maximum absolute atomic E-state index is 13.6. The molecule has 0 amide bonds. The lowest BCUT2D eigenvalue weighted by atomic mass is 10.1. The third-order valence-electron chi connectivity index (χ3n) is 3.07. The second-order valence-electron chi connectivity index (χ2n) is 4.36. The van der Waals surface area contributed by atoms with E-state index in [1.807, 2.05) is 0 Å². The van der Waals surface area contributed by atoms with Crippen LogP contribution in [-0.4, -0.2) is 22.6 Å². The smallest absolute Gasteiger partial charge is 0.328 e. The van der Waals surface area contributed by atoms with Crippen LogP contribution >= 0.6 is 0 Å². The van der Waals surface area contributed by atoms with Gasteiger partial charge >= 0.3 is 5.97 Å². The van der Waals surface area contributed by atoms with Crippen LogP contribution in [0.1, 0.15) is 24.4 Å². The van der Waals surface area contributed by atoms with Gasteiger partial charge in [0, 0.05) is 24.9 Å². The number of nitrogens with zero attached hydrogens (tertiary/aromatic N) is 2.